The Hall–Kier alpha value is -6.75. The van der Waals surface area contributed by atoms with Crippen molar-refractivity contribution in [2.75, 3.05) is 4.90 Å². The van der Waals surface area contributed by atoms with E-state index in [1.807, 2.05) is 11.3 Å². The number of oxazole rings is 1. The Labute approximate surface area is 309 Å². The summed E-state index contributed by atoms with van der Waals surface area (Å²) in [5.41, 5.74) is 9.81. The zero-order valence-electron chi connectivity index (χ0n) is 28.4. The predicted octanol–water partition coefficient (Wildman–Crippen LogP) is 14.4. The lowest BCUT2D eigenvalue weighted by molar-refractivity contribution is 0.590. The summed E-state index contributed by atoms with van der Waals surface area (Å²) in [6.45, 7) is 0. The van der Waals surface area contributed by atoms with Crippen molar-refractivity contribution in [1.29, 1.82) is 0 Å². The molecule has 0 N–H and O–H groups in total. The summed E-state index contributed by atoms with van der Waals surface area (Å²) in [6.07, 6.45) is 0. The normalized spacial score (nSPS) is 12.2. The Bertz CT molecular complexity index is 3210. The van der Waals surface area contributed by atoms with Gasteiger partial charge in [0.05, 0.1) is 0 Å². The third-order valence-electron chi connectivity index (χ3n) is 11.0. The van der Waals surface area contributed by atoms with Crippen LogP contribution in [-0.2, 0) is 0 Å². The summed E-state index contributed by atoms with van der Waals surface area (Å²) < 4.78 is 9.28. The number of nitrogens with zero attached hydrogens (tertiary/aromatic N) is 2. The van der Waals surface area contributed by atoms with Gasteiger partial charge in [-0.15, -0.1) is 11.3 Å². The molecular weight excluding hydrogens is 665 g/mol. The van der Waals surface area contributed by atoms with Gasteiger partial charge in [-0.25, -0.2) is 4.98 Å². The number of hydrogen-bond acceptors (Lipinski definition) is 4. The summed E-state index contributed by atoms with van der Waals surface area (Å²) in [6, 6.07) is 61.2. The van der Waals surface area contributed by atoms with Crippen molar-refractivity contribution in [3.63, 3.8) is 0 Å². The minimum absolute atomic E-state index is 0.634. The topological polar surface area (TPSA) is 29.3 Å². The van der Waals surface area contributed by atoms with Gasteiger partial charge in [0.2, 0.25) is 5.89 Å². The van der Waals surface area contributed by atoms with Crippen LogP contribution in [-0.4, -0.2) is 4.98 Å². The third kappa shape index (κ3) is 4.24. The van der Waals surface area contributed by atoms with Crippen LogP contribution in [0, 0.1) is 0 Å². The quantitative estimate of drug-likeness (QED) is 0.168. The number of anilines is 3. The molecular formula is C49H28N2OS. The highest BCUT2D eigenvalue weighted by Gasteiger charge is 2.30. The first kappa shape index (κ1) is 28.9. The van der Waals surface area contributed by atoms with Crippen molar-refractivity contribution in [2.45, 2.75) is 0 Å². The van der Waals surface area contributed by atoms with Gasteiger partial charge in [-0.2, -0.15) is 0 Å². The molecule has 12 rings (SSSR count). The van der Waals surface area contributed by atoms with Crippen molar-refractivity contribution in [3.8, 4) is 45.2 Å². The molecule has 0 fully saturated rings. The molecule has 0 radical (unpaired) electrons. The average molecular weight is 693 g/mol. The second-order valence-electron chi connectivity index (χ2n) is 13.9. The van der Waals surface area contributed by atoms with Crippen molar-refractivity contribution in [3.05, 3.63) is 170 Å². The van der Waals surface area contributed by atoms with Gasteiger partial charge in [0, 0.05) is 59.3 Å². The molecule has 0 atom stereocenters. The van der Waals surface area contributed by atoms with Crippen LogP contribution in [0.5, 0.6) is 0 Å². The van der Waals surface area contributed by atoms with Crippen LogP contribution in [0.4, 0.5) is 17.1 Å². The molecule has 0 saturated heterocycles. The number of thiophene rings is 1. The molecule has 0 bridgehead atoms. The summed E-state index contributed by atoms with van der Waals surface area (Å²) >= 11 is 1.84. The molecule has 11 aromatic rings. The molecule has 0 unspecified atom stereocenters. The lowest BCUT2D eigenvalue weighted by Gasteiger charge is -2.26. The highest BCUT2D eigenvalue weighted by molar-refractivity contribution is 7.25. The van der Waals surface area contributed by atoms with Gasteiger partial charge in [-0.3, -0.25) is 0 Å². The SMILES string of the molecule is c1ccc(-c2ccc(N(c3ccc(-c4nc5c(o4)-c4cc6cccc7ccc8ccc-5c4c8c76)cc3)c3ccc4sc5ccccc5c4c3)cc2)cc1. The number of aromatic nitrogens is 1. The van der Waals surface area contributed by atoms with Crippen molar-refractivity contribution in [1.82, 2.24) is 4.98 Å². The van der Waals surface area contributed by atoms with Crippen molar-refractivity contribution >= 4 is 80.9 Å². The van der Waals surface area contributed by atoms with Crippen LogP contribution >= 0.6 is 11.3 Å². The van der Waals surface area contributed by atoms with E-state index < -0.39 is 0 Å². The molecule has 9 aromatic carbocycles. The zero-order chi connectivity index (χ0) is 34.6. The largest absolute Gasteiger partial charge is 0.435 e. The van der Waals surface area contributed by atoms with Crippen LogP contribution in [0.2, 0.25) is 0 Å². The smallest absolute Gasteiger partial charge is 0.227 e. The predicted molar refractivity (Wildman–Crippen MR) is 223 cm³/mol. The average Bonchev–Trinajstić information content (AvgIpc) is 3.91. The van der Waals surface area contributed by atoms with Gasteiger partial charge in [0.25, 0.3) is 0 Å². The second-order valence-corrected chi connectivity index (χ2v) is 15.0. The number of hydrogen-bond donors (Lipinski definition) is 0. The van der Waals surface area contributed by atoms with Gasteiger partial charge in [0.15, 0.2) is 5.76 Å². The Morgan fingerprint density at radius 1 is 0.434 bits per heavy atom. The molecule has 0 amide bonds. The monoisotopic (exact) mass is 692 g/mol. The van der Waals surface area contributed by atoms with E-state index in [9.17, 15) is 0 Å². The fourth-order valence-corrected chi connectivity index (χ4v) is 9.61. The third-order valence-corrected chi connectivity index (χ3v) is 12.1. The highest BCUT2D eigenvalue weighted by Crippen LogP contribution is 2.52. The molecule has 53 heavy (non-hydrogen) atoms. The fourth-order valence-electron chi connectivity index (χ4n) is 8.52. The summed E-state index contributed by atoms with van der Waals surface area (Å²) in [5, 5.41) is 10.2. The van der Waals surface area contributed by atoms with E-state index in [4.69, 9.17) is 9.40 Å². The van der Waals surface area contributed by atoms with E-state index in [0.717, 1.165) is 45.2 Å². The van der Waals surface area contributed by atoms with Crippen LogP contribution in [0.1, 0.15) is 0 Å². The molecule has 0 spiro atoms. The minimum Gasteiger partial charge on any atom is -0.435 e. The molecule has 2 aromatic heterocycles. The molecule has 1 aliphatic rings. The van der Waals surface area contributed by atoms with Gasteiger partial charge in [-0.1, -0.05) is 103 Å². The first-order valence-corrected chi connectivity index (χ1v) is 18.8. The molecule has 0 aliphatic heterocycles. The summed E-state index contributed by atoms with van der Waals surface area (Å²) in [4.78, 5) is 7.49. The summed E-state index contributed by atoms with van der Waals surface area (Å²) in [5.74, 6) is 1.49. The summed E-state index contributed by atoms with van der Waals surface area (Å²) in [7, 11) is 0. The molecule has 2 heterocycles. The molecule has 1 aliphatic carbocycles. The van der Waals surface area contributed by atoms with E-state index in [1.165, 1.54) is 63.6 Å². The Kier molecular flexibility index (Phi) is 5.93. The maximum Gasteiger partial charge on any atom is 0.227 e. The van der Waals surface area contributed by atoms with Gasteiger partial charge in [-0.05, 0) is 105 Å². The first-order chi connectivity index (χ1) is 26.2. The Morgan fingerprint density at radius 2 is 1.09 bits per heavy atom. The zero-order valence-corrected chi connectivity index (χ0v) is 29.2. The van der Waals surface area contributed by atoms with Crippen molar-refractivity contribution in [2.24, 2.45) is 0 Å². The van der Waals surface area contributed by atoms with Crippen LogP contribution < -0.4 is 4.90 Å². The fraction of sp³-hybridized carbons (Fsp3) is 0. The Morgan fingerprint density at radius 3 is 1.92 bits per heavy atom. The maximum atomic E-state index is 6.69. The standard InChI is InChI=1S/C49H28N2OS/c1-2-7-29(8-3-1)30-15-20-35(21-16-30)51(37-24-26-43-40(28-37)38-11-4-5-12-42(38)53-43)36-22-17-33(18-23-36)49-50-47-39-25-19-32-14-13-31-9-6-10-34-27-41(48(47)52-49)46(39)45(32)44(31)34/h1-28H. The number of fused-ring (bicyclic) bond motifs is 6. The van der Waals surface area contributed by atoms with E-state index in [2.05, 4.69) is 175 Å². The Balaban J connectivity index is 0.962. The van der Waals surface area contributed by atoms with Crippen LogP contribution in [0.15, 0.2) is 174 Å². The van der Waals surface area contributed by atoms with Gasteiger partial charge < -0.3 is 9.32 Å². The second kappa shape index (κ2) is 10.9. The lowest BCUT2D eigenvalue weighted by atomic mass is 9.91. The molecule has 0 saturated carbocycles. The van der Waals surface area contributed by atoms with Gasteiger partial charge >= 0.3 is 0 Å². The maximum absolute atomic E-state index is 6.69. The highest BCUT2D eigenvalue weighted by atomic mass is 32.1. The molecule has 4 heteroatoms. The van der Waals surface area contributed by atoms with Crippen LogP contribution in [0.25, 0.3) is 97.7 Å². The van der Waals surface area contributed by atoms with E-state index >= 15 is 0 Å². The van der Waals surface area contributed by atoms with E-state index in [0.29, 0.717) is 5.89 Å². The first-order valence-electron chi connectivity index (χ1n) is 17.9. The van der Waals surface area contributed by atoms with E-state index in [1.54, 1.807) is 0 Å². The lowest BCUT2D eigenvalue weighted by Crippen LogP contribution is -2.09. The van der Waals surface area contributed by atoms with Crippen LogP contribution in [0.3, 0.4) is 0 Å². The molecule has 3 nitrogen and oxygen atoms in total. The minimum atomic E-state index is 0.634. The number of rotatable bonds is 5. The van der Waals surface area contributed by atoms with Gasteiger partial charge in [0.1, 0.15) is 5.69 Å². The van der Waals surface area contributed by atoms with E-state index in [-0.39, 0.29) is 0 Å². The molecule has 246 valence electrons. The number of benzene rings is 9. The van der Waals surface area contributed by atoms with Crippen molar-refractivity contribution < 1.29 is 4.42 Å².